The molecule has 3 aromatic carbocycles. The molecule has 5 heteroatoms. The van der Waals surface area contributed by atoms with Crippen LogP contribution in [0.15, 0.2) is 94.9 Å². The summed E-state index contributed by atoms with van der Waals surface area (Å²) in [5.74, 6) is 0. The Hall–Kier alpha value is -3.18. The average Bonchev–Trinajstić information content (AvgIpc) is 2.78. The summed E-state index contributed by atoms with van der Waals surface area (Å²) >= 11 is 0. The highest BCUT2D eigenvalue weighted by Crippen LogP contribution is 2.32. The molecule has 0 atom stereocenters. The minimum absolute atomic E-state index is 0.250. The molecule has 2 N–H and O–H groups in total. The molecular formula is C24H23N2O2S+. The first kappa shape index (κ1) is 19.2. The van der Waals surface area contributed by atoms with Gasteiger partial charge in [-0.3, -0.25) is 0 Å². The summed E-state index contributed by atoms with van der Waals surface area (Å²) < 4.78 is 26.8. The fourth-order valence-electron chi connectivity index (χ4n) is 3.40. The minimum Gasteiger partial charge on any atom is -0.379 e. The van der Waals surface area contributed by atoms with Crippen molar-refractivity contribution in [3.05, 3.63) is 96.2 Å². The molecule has 0 aliphatic heterocycles. The number of aromatic nitrogens is 1. The fraction of sp³-hybridized carbons (Fsp3) is 0.125. The smallest absolute Gasteiger partial charge is 0.214 e. The maximum Gasteiger partial charge on any atom is 0.214 e. The van der Waals surface area contributed by atoms with Crippen molar-refractivity contribution in [2.75, 3.05) is 5.32 Å². The van der Waals surface area contributed by atoms with Crippen LogP contribution in [0.5, 0.6) is 0 Å². The van der Waals surface area contributed by atoms with Gasteiger partial charge in [0.25, 0.3) is 0 Å². The Kier molecular flexibility index (Phi) is 5.32. The van der Waals surface area contributed by atoms with Gasteiger partial charge in [-0.05, 0) is 35.7 Å². The molecule has 146 valence electrons. The number of aromatic amines is 1. The lowest BCUT2D eigenvalue weighted by Gasteiger charge is -2.14. The maximum atomic E-state index is 13.4. The second-order valence-electron chi connectivity index (χ2n) is 6.92. The molecule has 0 bridgehead atoms. The number of hydrogen-bond donors (Lipinski definition) is 1. The van der Waals surface area contributed by atoms with E-state index in [1.807, 2.05) is 42.5 Å². The summed E-state index contributed by atoms with van der Waals surface area (Å²) in [5, 5.41) is 4.27. The van der Waals surface area contributed by atoms with Crippen LogP contribution in [-0.2, 0) is 22.8 Å². The topological polar surface area (TPSA) is 60.3 Å². The summed E-state index contributed by atoms with van der Waals surface area (Å²) in [6.07, 6.45) is 2.47. The van der Waals surface area contributed by atoms with Crippen LogP contribution in [0.3, 0.4) is 0 Å². The summed E-state index contributed by atoms with van der Waals surface area (Å²) in [5.41, 5.74) is 3.76. The number of sulfone groups is 1. The van der Waals surface area contributed by atoms with Crippen molar-refractivity contribution < 1.29 is 13.4 Å². The van der Waals surface area contributed by atoms with Gasteiger partial charge in [-0.2, -0.15) is 0 Å². The van der Waals surface area contributed by atoms with Gasteiger partial charge in [0.05, 0.1) is 16.0 Å². The van der Waals surface area contributed by atoms with Crippen LogP contribution >= 0.6 is 0 Å². The van der Waals surface area contributed by atoms with Crippen molar-refractivity contribution in [2.24, 2.45) is 0 Å². The molecule has 4 rings (SSSR count). The van der Waals surface area contributed by atoms with Crippen molar-refractivity contribution >= 4 is 26.4 Å². The SMILES string of the molecule is CCc1ccc2[nH+]cc(S(=O)(=O)c3ccccc3)c(NCc3ccccc3)c2c1. The van der Waals surface area contributed by atoms with E-state index in [0.29, 0.717) is 12.2 Å². The predicted molar refractivity (Wildman–Crippen MR) is 116 cm³/mol. The molecule has 29 heavy (non-hydrogen) atoms. The molecule has 4 aromatic rings. The summed E-state index contributed by atoms with van der Waals surface area (Å²) in [6.45, 7) is 2.63. The molecule has 1 heterocycles. The number of rotatable bonds is 6. The zero-order valence-corrected chi connectivity index (χ0v) is 17.0. The highest BCUT2D eigenvalue weighted by Gasteiger charge is 2.26. The molecule has 4 nitrogen and oxygen atoms in total. The van der Waals surface area contributed by atoms with E-state index in [1.165, 1.54) is 0 Å². The lowest BCUT2D eigenvalue weighted by Crippen LogP contribution is -2.15. The van der Waals surface area contributed by atoms with Gasteiger partial charge in [0.2, 0.25) is 15.4 Å². The highest BCUT2D eigenvalue weighted by molar-refractivity contribution is 7.91. The van der Waals surface area contributed by atoms with Gasteiger partial charge >= 0.3 is 0 Å². The first-order chi connectivity index (χ1) is 14.1. The third kappa shape index (κ3) is 3.87. The van der Waals surface area contributed by atoms with Crippen LogP contribution in [0.2, 0.25) is 0 Å². The first-order valence-electron chi connectivity index (χ1n) is 9.65. The molecule has 0 radical (unpaired) electrons. The minimum atomic E-state index is -3.68. The number of anilines is 1. The lowest BCUT2D eigenvalue weighted by molar-refractivity contribution is -0.347. The van der Waals surface area contributed by atoms with Crippen molar-refractivity contribution in [3.63, 3.8) is 0 Å². The van der Waals surface area contributed by atoms with Gasteiger partial charge in [-0.25, -0.2) is 13.4 Å². The molecule has 0 aliphatic carbocycles. The fourth-order valence-corrected chi connectivity index (χ4v) is 4.83. The van der Waals surface area contributed by atoms with Crippen LogP contribution in [-0.4, -0.2) is 8.42 Å². The predicted octanol–water partition coefficient (Wildman–Crippen LogP) is 4.66. The quantitative estimate of drug-likeness (QED) is 0.509. The van der Waals surface area contributed by atoms with E-state index >= 15 is 0 Å². The molecule has 0 unspecified atom stereocenters. The van der Waals surface area contributed by atoms with E-state index in [2.05, 4.69) is 29.4 Å². The zero-order chi connectivity index (χ0) is 20.3. The van der Waals surface area contributed by atoms with Crippen LogP contribution < -0.4 is 10.3 Å². The van der Waals surface area contributed by atoms with E-state index in [9.17, 15) is 8.42 Å². The molecular weight excluding hydrogens is 380 g/mol. The van der Waals surface area contributed by atoms with Crippen molar-refractivity contribution in [1.29, 1.82) is 0 Å². The molecule has 0 saturated heterocycles. The average molecular weight is 404 g/mol. The Morgan fingerprint density at radius 1 is 0.862 bits per heavy atom. The van der Waals surface area contributed by atoms with E-state index in [0.717, 1.165) is 28.5 Å². The molecule has 0 saturated carbocycles. The van der Waals surface area contributed by atoms with Crippen LogP contribution in [0.25, 0.3) is 10.9 Å². The molecule has 1 aromatic heterocycles. The van der Waals surface area contributed by atoms with Crippen molar-refractivity contribution in [1.82, 2.24) is 0 Å². The van der Waals surface area contributed by atoms with Crippen molar-refractivity contribution in [3.8, 4) is 0 Å². The van der Waals surface area contributed by atoms with Gasteiger partial charge in [0, 0.05) is 12.6 Å². The Balaban J connectivity index is 1.89. The van der Waals surface area contributed by atoms with Gasteiger partial charge < -0.3 is 5.32 Å². The van der Waals surface area contributed by atoms with Crippen LogP contribution in [0, 0.1) is 0 Å². The van der Waals surface area contributed by atoms with E-state index in [-0.39, 0.29) is 9.79 Å². The number of fused-ring (bicyclic) bond motifs is 1. The summed E-state index contributed by atoms with van der Waals surface area (Å²) in [7, 11) is -3.68. The number of pyridine rings is 1. The van der Waals surface area contributed by atoms with Crippen LogP contribution in [0.4, 0.5) is 5.69 Å². The van der Waals surface area contributed by atoms with E-state index in [1.54, 1.807) is 30.5 Å². The second-order valence-corrected chi connectivity index (χ2v) is 8.84. The van der Waals surface area contributed by atoms with Gasteiger partial charge in [0.15, 0.2) is 11.1 Å². The molecule has 0 spiro atoms. The van der Waals surface area contributed by atoms with Crippen molar-refractivity contribution in [2.45, 2.75) is 29.7 Å². The maximum absolute atomic E-state index is 13.4. The normalized spacial score (nSPS) is 11.5. The molecule has 0 amide bonds. The third-order valence-corrected chi connectivity index (χ3v) is 6.82. The Morgan fingerprint density at radius 2 is 1.55 bits per heavy atom. The number of hydrogen-bond acceptors (Lipinski definition) is 3. The zero-order valence-electron chi connectivity index (χ0n) is 16.2. The first-order valence-corrected chi connectivity index (χ1v) is 11.1. The highest BCUT2D eigenvalue weighted by atomic mass is 32.2. The monoisotopic (exact) mass is 403 g/mol. The van der Waals surface area contributed by atoms with E-state index in [4.69, 9.17) is 0 Å². The van der Waals surface area contributed by atoms with Crippen LogP contribution in [0.1, 0.15) is 18.1 Å². The van der Waals surface area contributed by atoms with Gasteiger partial charge in [-0.15, -0.1) is 0 Å². The van der Waals surface area contributed by atoms with Gasteiger partial charge in [0.1, 0.15) is 0 Å². The van der Waals surface area contributed by atoms with Gasteiger partial charge in [-0.1, -0.05) is 61.5 Å². The molecule has 0 aliphatic rings. The largest absolute Gasteiger partial charge is 0.379 e. The second kappa shape index (κ2) is 8.05. The number of aryl methyl sites for hydroxylation is 1. The Labute approximate surface area is 171 Å². The van der Waals surface area contributed by atoms with E-state index < -0.39 is 9.84 Å². The Morgan fingerprint density at radius 3 is 2.24 bits per heavy atom. The lowest BCUT2D eigenvalue weighted by atomic mass is 10.1. The summed E-state index contributed by atoms with van der Waals surface area (Å²) in [6, 6.07) is 24.6. The molecule has 0 fully saturated rings. The standard InChI is InChI=1S/C24H22N2O2S/c1-2-18-13-14-22-21(15-18)24(26-16-19-9-5-3-6-10-19)23(17-25-22)29(27,28)20-11-7-4-8-12-20/h3-15,17H,2,16H2,1H3,(H,25,26)/p+1. The Bertz CT molecular complexity index is 1240. The third-order valence-electron chi connectivity index (χ3n) is 5.02. The number of nitrogens with one attached hydrogen (secondary N) is 2. The number of H-pyrrole nitrogens is 1. The number of benzene rings is 3. The summed E-state index contributed by atoms with van der Waals surface area (Å²) in [4.78, 5) is 3.70.